The van der Waals surface area contributed by atoms with E-state index in [1.165, 1.54) is 153 Å². The standard InChI is InChI=1S/C72H42N2/c1-5-22-48-44(18-1)45-19-2-6-23-49(45)60-40-64-57-30-17-35-71(74-69-33-15-11-28-55(69)56-29-12-16-34-70(56)74)72(57)66-42-63-51-25-8-4-21-47(51)46-20-3-7-24-50(46)61(63)41-65(66)58-38-43(36-37-52(58)62(64)39-59(48)60)73-67-31-13-9-26-53(67)54-27-10-14-32-68(54)73/h1-42H. The van der Waals surface area contributed by atoms with Crippen LogP contribution in [-0.4, -0.2) is 9.13 Å². The van der Waals surface area contributed by atoms with E-state index in [9.17, 15) is 0 Å². The molecule has 0 bridgehead atoms. The van der Waals surface area contributed by atoms with Crippen molar-refractivity contribution in [2.45, 2.75) is 0 Å². The Morgan fingerprint density at radius 1 is 0.176 bits per heavy atom. The number of nitrogens with zero attached hydrogens (tertiary/aromatic N) is 2. The van der Waals surface area contributed by atoms with E-state index in [-0.39, 0.29) is 0 Å². The molecule has 0 N–H and O–H groups in total. The summed E-state index contributed by atoms with van der Waals surface area (Å²) in [6.45, 7) is 0. The number of aromatic nitrogens is 2. The largest absolute Gasteiger partial charge is 0.309 e. The summed E-state index contributed by atoms with van der Waals surface area (Å²) >= 11 is 0. The molecule has 0 unspecified atom stereocenters. The fourth-order valence-corrected chi connectivity index (χ4v) is 13.5. The molecule has 2 nitrogen and oxygen atoms in total. The third-order valence-corrected chi connectivity index (χ3v) is 16.6. The molecule has 1 aliphatic carbocycles. The zero-order chi connectivity index (χ0) is 48.2. The quantitative estimate of drug-likeness (QED) is 0.153. The molecule has 0 fully saturated rings. The smallest absolute Gasteiger partial charge is 0.0547 e. The zero-order valence-corrected chi connectivity index (χ0v) is 40.1. The van der Waals surface area contributed by atoms with Gasteiger partial charge in [-0.1, -0.05) is 188 Å². The van der Waals surface area contributed by atoms with Gasteiger partial charge in [0.15, 0.2) is 0 Å². The highest BCUT2D eigenvalue weighted by atomic mass is 15.0. The monoisotopic (exact) mass is 934 g/mol. The molecule has 0 amide bonds. The Balaban J connectivity index is 1.11. The Bertz CT molecular complexity index is 5030. The molecule has 17 rings (SSSR count). The Hall–Kier alpha value is -9.76. The van der Waals surface area contributed by atoms with Crippen molar-refractivity contribution < 1.29 is 0 Å². The van der Waals surface area contributed by atoms with Gasteiger partial charge in [0.2, 0.25) is 0 Å². The van der Waals surface area contributed by atoms with Crippen molar-refractivity contribution in [3.63, 3.8) is 0 Å². The number of hydrogen-bond acceptors (Lipinski definition) is 0. The molecule has 1 aliphatic rings. The first-order valence-electron chi connectivity index (χ1n) is 25.8. The molecule has 0 saturated carbocycles. The average Bonchev–Trinajstić information content (AvgIpc) is 3.99. The van der Waals surface area contributed by atoms with Crippen LogP contribution in [0.15, 0.2) is 255 Å². The van der Waals surface area contributed by atoms with Gasteiger partial charge >= 0.3 is 0 Å². The minimum atomic E-state index is 1.13. The molecule has 14 aromatic carbocycles. The number of benzene rings is 14. The van der Waals surface area contributed by atoms with Gasteiger partial charge in [0.25, 0.3) is 0 Å². The van der Waals surface area contributed by atoms with Crippen LogP contribution in [0.25, 0.3) is 164 Å². The number of hydrogen-bond donors (Lipinski definition) is 0. The fourth-order valence-electron chi connectivity index (χ4n) is 13.5. The lowest BCUT2D eigenvalue weighted by atomic mass is 9.77. The van der Waals surface area contributed by atoms with Gasteiger partial charge in [-0.15, -0.1) is 0 Å². The van der Waals surface area contributed by atoms with Gasteiger partial charge in [0.1, 0.15) is 0 Å². The lowest BCUT2D eigenvalue weighted by molar-refractivity contribution is 1.18. The lowest BCUT2D eigenvalue weighted by Gasteiger charge is -2.28. The highest BCUT2D eigenvalue weighted by Gasteiger charge is 2.29. The lowest BCUT2D eigenvalue weighted by Crippen LogP contribution is -2.04. The van der Waals surface area contributed by atoms with Gasteiger partial charge in [-0.25, -0.2) is 0 Å². The predicted molar refractivity (Wildman–Crippen MR) is 315 cm³/mol. The molecule has 74 heavy (non-hydrogen) atoms. The molecule has 0 spiro atoms. The summed E-state index contributed by atoms with van der Waals surface area (Å²) in [5.74, 6) is 0. The van der Waals surface area contributed by atoms with E-state index >= 15 is 0 Å². The molecule has 2 heterocycles. The van der Waals surface area contributed by atoms with E-state index in [0.717, 1.165) is 11.4 Å². The first kappa shape index (κ1) is 39.9. The Morgan fingerprint density at radius 2 is 0.486 bits per heavy atom. The van der Waals surface area contributed by atoms with Crippen LogP contribution in [0.3, 0.4) is 0 Å². The zero-order valence-electron chi connectivity index (χ0n) is 40.1. The van der Waals surface area contributed by atoms with Crippen molar-refractivity contribution in [1.82, 2.24) is 9.13 Å². The average molecular weight is 935 g/mol. The van der Waals surface area contributed by atoms with Crippen LogP contribution in [0.1, 0.15) is 0 Å². The fraction of sp³-hybridized carbons (Fsp3) is 0. The Kier molecular flexibility index (Phi) is 8.03. The summed E-state index contributed by atoms with van der Waals surface area (Å²) in [5.41, 5.74) is 16.7. The second kappa shape index (κ2) is 14.9. The van der Waals surface area contributed by atoms with Gasteiger partial charge in [-0.2, -0.15) is 0 Å². The molecule has 16 aromatic rings. The first-order valence-corrected chi connectivity index (χ1v) is 25.8. The third-order valence-electron chi connectivity index (χ3n) is 16.6. The highest BCUT2D eigenvalue weighted by Crippen LogP contribution is 2.55. The van der Waals surface area contributed by atoms with E-state index in [1.54, 1.807) is 0 Å². The van der Waals surface area contributed by atoms with Crippen LogP contribution in [0.5, 0.6) is 0 Å². The molecule has 340 valence electrons. The molecule has 0 aliphatic heterocycles. The summed E-state index contributed by atoms with van der Waals surface area (Å²) < 4.78 is 5.02. The van der Waals surface area contributed by atoms with Gasteiger partial charge < -0.3 is 9.13 Å². The number of fused-ring (bicyclic) bond motifs is 26. The summed E-state index contributed by atoms with van der Waals surface area (Å²) in [5, 5.41) is 20.1. The maximum atomic E-state index is 2.56. The topological polar surface area (TPSA) is 9.86 Å². The van der Waals surface area contributed by atoms with Crippen LogP contribution in [0.2, 0.25) is 0 Å². The van der Waals surface area contributed by atoms with E-state index in [2.05, 4.69) is 264 Å². The SMILES string of the molecule is c1cc2c(c(-n3c4ccccc4c4ccccc43)c1)-c1cc3c4ccccc4c4ccccc4c3cc1-c1cc(-n3c4ccccc4c4ccccc43)ccc1-c1cc3c4ccccc4c4ccccc4c3cc1-2. The van der Waals surface area contributed by atoms with E-state index in [1.807, 2.05) is 0 Å². The van der Waals surface area contributed by atoms with Crippen LogP contribution in [0.4, 0.5) is 0 Å². The van der Waals surface area contributed by atoms with Crippen molar-refractivity contribution in [3.05, 3.63) is 255 Å². The summed E-state index contributed by atoms with van der Waals surface area (Å²) in [4.78, 5) is 0. The van der Waals surface area contributed by atoms with Crippen molar-refractivity contribution in [1.29, 1.82) is 0 Å². The van der Waals surface area contributed by atoms with Crippen molar-refractivity contribution >= 4 is 108 Å². The number of para-hydroxylation sites is 4. The molecule has 2 heteroatoms. The van der Waals surface area contributed by atoms with E-state index in [0.29, 0.717) is 0 Å². The van der Waals surface area contributed by atoms with Crippen LogP contribution >= 0.6 is 0 Å². The van der Waals surface area contributed by atoms with Crippen molar-refractivity contribution in [2.24, 2.45) is 0 Å². The van der Waals surface area contributed by atoms with Crippen LogP contribution in [-0.2, 0) is 0 Å². The van der Waals surface area contributed by atoms with E-state index < -0.39 is 0 Å². The normalized spacial score (nSPS) is 12.3. The number of rotatable bonds is 2. The first-order chi connectivity index (χ1) is 36.7. The van der Waals surface area contributed by atoms with Crippen LogP contribution < -0.4 is 0 Å². The Morgan fingerprint density at radius 3 is 0.905 bits per heavy atom. The Labute approximate surface area is 425 Å². The molecular weight excluding hydrogens is 893 g/mol. The molecule has 2 aromatic heterocycles. The minimum Gasteiger partial charge on any atom is -0.309 e. The molecule has 0 saturated heterocycles. The van der Waals surface area contributed by atoms with E-state index in [4.69, 9.17) is 0 Å². The van der Waals surface area contributed by atoms with Crippen molar-refractivity contribution in [3.8, 4) is 55.9 Å². The molecule has 0 radical (unpaired) electrons. The maximum Gasteiger partial charge on any atom is 0.0547 e. The second-order valence-electron chi connectivity index (χ2n) is 20.2. The third kappa shape index (κ3) is 5.33. The maximum absolute atomic E-state index is 2.56. The van der Waals surface area contributed by atoms with Gasteiger partial charge in [0.05, 0.1) is 27.8 Å². The summed E-state index contributed by atoms with van der Waals surface area (Å²) in [6, 6.07) is 96.1. The predicted octanol–water partition coefficient (Wildman–Crippen LogP) is 19.8. The highest BCUT2D eigenvalue weighted by molar-refractivity contribution is 6.29. The molecule has 0 atom stereocenters. The minimum absolute atomic E-state index is 1.13. The summed E-state index contributed by atoms with van der Waals surface area (Å²) in [6.07, 6.45) is 0. The van der Waals surface area contributed by atoms with Gasteiger partial charge in [-0.05, 0) is 170 Å². The molecular formula is C72H42N2. The van der Waals surface area contributed by atoms with Crippen molar-refractivity contribution in [2.75, 3.05) is 0 Å². The van der Waals surface area contributed by atoms with Gasteiger partial charge in [-0.3, -0.25) is 0 Å². The van der Waals surface area contributed by atoms with Gasteiger partial charge in [0, 0.05) is 32.8 Å². The summed E-state index contributed by atoms with van der Waals surface area (Å²) in [7, 11) is 0. The second-order valence-corrected chi connectivity index (χ2v) is 20.2. The van der Waals surface area contributed by atoms with Crippen LogP contribution in [0, 0.1) is 0 Å².